The lowest BCUT2D eigenvalue weighted by atomic mass is 10.0. The molecule has 1 aromatic rings. The lowest BCUT2D eigenvalue weighted by molar-refractivity contribution is 0.0957. The van der Waals surface area contributed by atoms with Gasteiger partial charge in [-0.1, -0.05) is 47.1 Å². The van der Waals surface area contributed by atoms with E-state index in [0.29, 0.717) is 6.54 Å². The Morgan fingerprint density at radius 1 is 1.14 bits per heavy atom. The number of benzene rings is 1. The van der Waals surface area contributed by atoms with E-state index < -0.39 is 0 Å². The average molecular weight is 281 g/mol. The summed E-state index contributed by atoms with van der Waals surface area (Å²) in [4.78, 5) is 12.2. The molecule has 1 amide bonds. The number of hydrogen-bond acceptors (Lipinski definition) is 1. The van der Waals surface area contributed by atoms with Crippen molar-refractivity contribution in [1.29, 1.82) is 0 Å². The SMILES string of the molecule is C\C1=C/C=C\C(CNC(=O)c2cc(C)cc(C)c2)=C/CC1. The molecule has 0 radical (unpaired) electrons. The number of aryl methyl sites for hydroxylation is 2. The molecule has 1 aliphatic rings. The van der Waals surface area contributed by atoms with Crippen LogP contribution in [0.25, 0.3) is 0 Å². The Kier molecular flexibility index (Phi) is 5.15. The zero-order valence-electron chi connectivity index (χ0n) is 13.1. The zero-order chi connectivity index (χ0) is 15.2. The summed E-state index contributed by atoms with van der Waals surface area (Å²) in [5.74, 6) is -0.00937. The van der Waals surface area contributed by atoms with Gasteiger partial charge in [-0.05, 0) is 51.3 Å². The topological polar surface area (TPSA) is 29.1 Å². The largest absolute Gasteiger partial charge is 0.348 e. The molecule has 0 saturated heterocycles. The highest BCUT2D eigenvalue weighted by Gasteiger charge is 2.07. The smallest absolute Gasteiger partial charge is 0.251 e. The Bertz CT molecular complexity index is 600. The van der Waals surface area contributed by atoms with Gasteiger partial charge in [0.2, 0.25) is 0 Å². The van der Waals surface area contributed by atoms with Crippen LogP contribution in [0.15, 0.2) is 53.6 Å². The fraction of sp³-hybridized carbons (Fsp3) is 0.316. The van der Waals surface area contributed by atoms with E-state index in [1.807, 2.05) is 26.0 Å². The quantitative estimate of drug-likeness (QED) is 0.881. The van der Waals surface area contributed by atoms with Gasteiger partial charge >= 0.3 is 0 Å². The molecule has 1 aromatic carbocycles. The van der Waals surface area contributed by atoms with Crippen LogP contribution in [0, 0.1) is 13.8 Å². The average Bonchev–Trinajstić information content (AvgIpc) is 2.40. The van der Waals surface area contributed by atoms with E-state index >= 15 is 0 Å². The number of nitrogens with one attached hydrogen (secondary N) is 1. The van der Waals surface area contributed by atoms with E-state index in [2.05, 4.69) is 42.6 Å². The Morgan fingerprint density at radius 3 is 2.57 bits per heavy atom. The zero-order valence-corrected chi connectivity index (χ0v) is 13.1. The first-order chi connectivity index (χ1) is 10.0. The van der Waals surface area contributed by atoms with Crippen molar-refractivity contribution in [2.24, 2.45) is 0 Å². The van der Waals surface area contributed by atoms with Crippen LogP contribution in [-0.4, -0.2) is 12.5 Å². The van der Waals surface area contributed by atoms with Gasteiger partial charge in [-0.15, -0.1) is 0 Å². The summed E-state index contributed by atoms with van der Waals surface area (Å²) in [6.45, 7) is 6.75. The minimum absolute atomic E-state index is 0.00937. The molecule has 0 saturated carbocycles. The van der Waals surface area contributed by atoms with Gasteiger partial charge in [0.1, 0.15) is 0 Å². The summed E-state index contributed by atoms with van der Waals surface area (Å²) in [6.07, 6.45) is 10.6. The Morgan fingerprint density at radius 2 is 1.86 bits per heavy atom. The lowest BCUT2D eigenvalue weighted by Gasteiger charge is -2.09. The predicted molar refractivity (Wildman–Crippen MR) is 88.5 cm³/mol. The first-order valence-electron chi connectivity index (χ1n) is 7.44. The van der Waals surface area contributed by atoms with Gasteiger partial charge in [-0.3, -0.25) is 4.79 Å². The van der Waals surface area contributed by atoms with Crippen molar-refractivity contribution in [2.45, 2.75) is 33.6 Å². The maximum absolute atomic E-state index is 12.2. The number of hydrogen-bond donors (Lipinski definition) is 1. The molecule has 1 N–H and O–H groups in total. The van der Waals surface area contributed by atoms with E-state index in [1.165, 1.54) is 5.57 Å². The molecule has 0 fully saturated rings. The molecule has 0 atom stereocenters. The summed E-state index contributed by atoms with van der Waals surface area (Å²) in [6, 6.07) is 5.93. The molecule has 2 rings (SSSR count). The van der Waals surface area contributed by atoms with Crippen molar-refractivity contribution >= 4 is 5.91 Å². The first kappa shape index (κ1) is 15.3. The molecule has 1 aliphatic carbocycles. The van der Waals surface area contributed by atoms with Gasteiger partial charge in [0.05, 0.1) is 0 Å². The van der Waals surface area contributed by atoms with Crippen molar-refractivity contribution in [3.05, 3.63) is 70.3 Å². The fourth-order valence-electron chi connectivity index (χ4n) is 2.49. The molecule has 0 bridgehead atoms. The van der Waals surface area contributed by atoms with Crippen molar-refractivity contribution in [2.75, 3.05) is 6.54 Å². The minimum atomic E-state index is -0.00937. The summed E-state index contributed by atoms with van der Waals surface area (Å²) < 4.78 is 0. The van der Waals surface area contributed by atoms with Crippen molar-refractivity contribution in [3.8, 4) is 0 Å². The highest BCUT2D eigenvalue weighted by atomic mass is 16.1. The van der Waals surface area contributed by atoms with Gasteiger partial charge in [0, 0.05) is 12.1 Å². The summed E-state index contributed by atoms with van der Waals surface area (Å²) in [5.41, 5.74) is 5.52. The van der Waals surface area contributed by atoms with Gasteiger partial charge < -0.3 is 5.32 Å². The normalized spacial score (nSPS) is 21.3. The van der Waals surface area contributed by atoms with E-state index in [4.69, 9.17) is 0 Å². The molecule has 0 unspecified atom stereocenters. The molecular weight excluding hydrogens is 258 g/mol. The third-order valence-electron chi connectivity index (χ3n) is 3.57. The van der Waals surface area contributed by atoms with Crippen LogP contribution in [0.2, 0.25) is 0 Å². The maximum atomic E-state index is 12.2. The van der Waals surface area contributed by atoms with Crippen LogP contribution in [0.3, 0.4) is 0 Å². The fourth-order valence-corrected chi connectivity index (χ4v) is 2.49. The molecule has 2 nitrogen and oxygen atoms in total. The Balaban J connectivity index is 1.99. The van der Waals surface area contributed by atoms with Crippen LogP contribution < -0.4 is 5.32 Å². The first-order valence-corrected chi connectivity index (χ1v) is 7.44. The molecular formula is C19H23NO. The summed E-state index contributed by atoms with van der Waals surface area (Å²) in [5, 5.41) is 3.00. The third-order valence-corrected chi connectivity index (χ3v) is 3.57. The van der Waals surface area contributed by atoms with Crippen molar-refractivity contribution < 1.29 is 4.79 Å². The molecule has 0 aromatic heterocycles. The van der Waals surface area contributed by atoms with Crippen LogP contribution in [0.4, 0.5) is 0 Å². The summed E-state index contributed by atoms with van der Waals surface area (Å²) in [7, 11) is 0. The van der Waals surface area contributed by atoms with Crippen LogP contribution in [0.1, 0.15) is 41.3 Å². The second kappa shape index (κ2) is 7.07. The summed E-state index contributed by atoms with van der Waals surface area (Å²) >= 11 is 0. The van der Waals surface area contributed by atoms with Crippen LogP contribution >= 0.6 is 0 Å². The number of carbonyl (C=O) groups excluding carboxylic acids is 1. The van der Waals surface area contributed by atoms with Crippen LogP contribution in [0.5, 0.6) is 0 Å². The number of amides is 1. The Labute approximate surface area is 127 Å². The van der Waals surface area contributed by atoms with Crippen LogP contribution in [-0.2, 0) is 0 Å². The standard InChI is InChI=1S/C19H23NO/c1-14-6-4-8-17(9-5-7-14)13-20-19(21)18-11-15(2)10-16(3)12-18/h4,6,8-12H,5,7,13H2,1-3H3,(H,20,21)/b8-4-,14-6+,17-9+. The third kappa shape index (κ3) is 4.75. The second-order valence-corrected chi connectivity index (χ2v) is 5.75. The van der Waals surface area contributed by atoms with Gasteiger partial charge in [0.15, 0.2) is 0 Å². The molecule has 0 aliphatic heterocycles. The predicted octanol–water partition coefficient (Wildman–Crippen LogP) is 4.26. The monoisotopic (exact) mass is 281 g/mol. The molecule has 21 heavy (non-hydrogen) atoms. The molecule has 0 heterocycles. The number of carbonyl (C=O) groups is 1. The van der Waals surface area contributed by atoms with E-state index in [9.17, 15) is 4.79 Å². The van der Waals surface area contributed by atoms with Gasteiger partial charge in [-0.25, -0.2) is 0 Å². The second-order valence-electron chi connectivity index (χ2n) is 5.75. The van der Waals surface area contributed by atoms with Crippen molar-refractivity contribution in [1.82, 2.24) is 5.32 Å². The van der Waals surface area contributed by atoms with Gasteiger partial charge in [-0.2, -0.15) is 0 Å². The van der Waals surface area contributed by atoms with E-state index in [0.717, 1.165) is 35.1 Å². The lowest BCUT2D eigenvalue weighted by Crippen LogP contribution is -2.25. The van der Waals surface area contributed by atoms with E-state index in [-0.39, 0.29) is 5.91 Å². The highest BCUT2D eigenvalue weighted by Crippen LogP contribution is 2.12. The molecule has 2 heteroatoms. The van der Waals surface area contributed by atoms with Crippen molar-refractivity contribution in [3.63, 3.8) is 0 Å². The van der Waals surface area contributed by atoms with Gasteiger partial charge in [0.25, 0.3) is 5.91 Å². The van der Waals surface area contributed by atoms with E-state index in [1.54, 1.807) is 0 Å². The highest BCUT2D eigenvalue weighted by molar-refractivity contribution is 5.94. The maximum Gasteiger partial charge on any atom is 0.251 e. The number of allylic oxidation sites excluding steroid dienone is 4. The number of rotatable bonds is 3. The molecule has 0 spiro atoms. The molecule has 110 valence electrons. The minimum Gasteiger partial charge on any atom is -0.348 e. The Hall–Kier alpha value is -2.09.